The minimum atomic E-state index is -3.81. The quantitative estimate of drug-likeness (QED) is 0.321. The zero-order valence-electron chi connectivity index (χ0n) is 24.6. The topological polar surface area (TPSA) is 86.8 Å². The molecule has 0 radical (unpaired) electrons. The number of hydrogen-bond donors (Lipinski definition) is 1. The van der Waals surface area contributed by atoms with Crippen molar-refractivity contribution in [2.24, 2.45) is 17.8 Å². The van der Waals surface area contributed by atoms with Crippen LogP contribution in [0.1, 0.15) is 69.9 Å². The molecule has 4 fully saturated rings. The Morgan fingerprint density at radius 1 is 0.976 bits per heavy atom. The Bertz CT molecular complexity index is 1390. The Balaban J connectivity index is 1.41. The first-order chi connectivity index (χ1) is 19.9. The van der Waals surface area contributed by atoms with Gasteiger partial charge in [0.05, 0.1) is 11.9 Å². The smallest absolute Gasteiger partial charge is 0.244 e. The number of hydrogen-bond acceptors (Lipinski definition) is 4. The number of benzene rings is 2. The average Bonchev–Trinajstić information content (AvgIpc) is 2.91. The van der Waals surface area contributed by atoms with Crippen molar-refractivity contribution in [2.45, 2.75) is 76.8 Å². The second-order valence-corrected chi connectivity index (χ2v) is 15.3. The highest BCUT2D eigenvalue weighted by Gasteiger charge is 2.51. The first-order valence-corrected chi connectivity index (χ1v) is 17.6. The molecule has 10 heteroatoms. The van der Waals surface area contributed by atoms with Crippen molar-refractivity contribution in [3.05, 3.63) is 63.6 Å². The molecule has 4 aliphatic rings. The number of amides is 2. The number of nitrogens with one attached hydrogen (secondary N) is 1. The molecule has 0 aliphatic heterocycles. The van der Waals surface area contributed by atoms with Crippen LogP contribution in [0.2, 0.25) is 10.0 Å². The lowest BCUT2D eigenvalue weighted by atomic mass is 9.48. The molecule has 4 saturated carbocycles. The van der Waals surface area contributed by atoms with Crippen LogP contribution in [-0.2, 0) is 31.6 Å². The Morgan fingerprint density at radius 3 is 2.07 bits per heavy atom. The van der Waals surface area contributed by atoms with Crippen LogP contribution >= 0.6 is 23.2 Å². The van der Waals surface area contributed by atoms with E-state index in [0.717, 1.165) is 28.3 Å². The van der Waals surface area contributed by atoms with Gasteiger partial charge in [-0.25, -0.2) is 8.42 Å². The summed E-state index contributed by atoms with van der Waals surface area (Å²) in [5.41, 5.74) is 2.53. The third-order valence-corrected chi connectivity index (χ3v) is 11.3. The van der Waals surface area contributed by atoms with Crippen molar-refractivity contribution in [3.8, 4) is 0 Å². The summed E-state index contributed by atoms with van der Waals surface area (Å²) in [6.07, 6.45) is 9.17. The van der Waals surface area contributed by atoms with Gasteiger partial charge < -0.3 is 10.2 Å². The monoisotopic (exact) mass is 633 g/mol. The van der Waals surface area contributed by atoms with Gasteiger partial charge in [-0.15, -0.1) is 0 Å². The van der Waals surface area contributed by atoms with Crippen molar-refractivity contribution in [1.29, 1.82) is 0 Å². The van der Waals surface area contributed by atoms with Crippen molar-refractivity contribution >= 4 is 50.7 Å². The maximum Gasteiger partial charge on any atom is 0.244 e. The highest BCUT2D eigenvalue weighted by atomic mass is 35.5. The zero-order valence-corrected chi connectivity index (χ0v) is 26.9. The number of rotatable bonds is 11. The number of halogens is 2. The fraction of sp³-hybridized carbons (Fsp3) is 0.562. The molecule has 0 heterocycles. The van der Waals surface area contributed by atoms with Gasteiger partial charge in [0.15, 0.2) is 0 Å². The van der Waals surface area contributed by atoms with Crippen LogP contribution in [0.5, 0.6) is 0 Å². The lowest BCUT2D eigenvalue weighted by Crippen LogP contribution is -2.52. The first-order valence-electron chi connectivity index (χ1n) is 15.0. The van der Waals surface area contributed by atoms with E-state index in [1.54, 1.807) is 18.2 Å². The van der Waals surface area contributed by atoms with E-state index >= 15 is 0 Å². The van der Waals surface area contributed by atoms with Crippen LogP contribution < -0.4 is 9.62 Å². The molecular weight excluding hydrogens is 593 g/mol. The highest BCUT2D eigenvalue weighted by molar-refractivity contribution is 7.92. The van der Waals surface area contributed by atoms with E-state index in [9.17, 15) is 18.0 Å². The molecule has 1 N–H and O–H groups in total. The number of carbonyl (C=O) groups is 2. The van der Waals surface area contributed by atoms with E-state index in [0.29, 0.717) is 34.3 Å². The summed E-state index contributed by atoms with van der Waals surface area (Å²) in [5, 5.41) is 3.62. The summed E-state index contributed by atoms with van der Waals surface area (Å²) in [6, 6.07) is 12.0. The Labute approximate surface area is 260 Å². The molecule has 0 saturated heterocycles. The lowest BCUT2D eigenvalue weighted by molar-refractivity contribution is -0.140. The summed E-state index contributed by atoms with van der Waals surface area (Å²) >= 11 is 12.5. The van der Waals surface area contributed by atoms with Crippen LogP contribution in [-0.4, -0.2) is 50.5 Å². The molecule has 0 aromatic heterocycles. The molecule has 42 heavy (non-hydrogen) atoms. The number of nitrogens with zero attached hydrogens (tertiary/aromatic N) is 2. The van der Waals surface area contributed by atoms with Gasteiger partial charge in [-0.2, -0.15) is 0 Å². The maximum atomic E-state index is 13.9. The van der Waals surface area contributed by atoms with Gasteiger partial charge in [-0.3, -0.25) is 13.9 Å². The summed E-state index contributed by atoms with van der Waals surface area (Å²) in [6.45, 7) is 3.64. The summed E-state index contributed by atoms with van der Waals surface area (Å²) < 4.78 is 27.3. The van der Waals surface area contributed by atoms with Gasteiger partial charge in [-0.05, 0) is 110 Å². The van der Waals surface area contributed by atoms with Crippen LogP contribution in [0, 0.1) is 17.8 Å². The minimum Gasteiger partial charge on any atom is -0.355 e. The molecule has 2 amide bonds. The van der Waals surface area contributed by atoms with E-state index in [1.165, 1.54) is 49.0 Å². The second kappa shape index (κ2) is 12.4. The second-order valence-electron chi connectivity index (χ2n) is 12.6. The van der Waals surface area contributed by atoms with Gasteiger partial charge in [0.2, 0.25) is 21.8 Å². The standard InChI is InChI=1S/C32H41Cl2N3O4S/c1-4-29(31(39)35-5-2)36(19-24-6-9-26(33)15-28(24)34)30(38)20-37(42(3,40)41)27-10-7-25(8-11-27)32-16-21-12-22(17-32)14-23(13-21)18-32/h6-11,15,21-23,29H,4-5,12-14,16-20H2,1-3H3,(H,35,39). The molecule has 0 spiro atoms. The van der Waals surface area contributed by atoms with E-state index < -0.39 is 28.5 Å². The number of anilines is 1. The predicted octanol–water partition coefficient (Wildman–Crippen LogP) is 6.17. The third-order valence-electron chi connectivity index (χ3n) is 9.58. The Morgan fingerprint density at radius 2 is 1.57 bits per heavy atom. The largest absolute Gasteiger partial charge is 0.355 e. The molecule has 1 atom stereocenters. The van der Waals surface area contributed by atoms with Crippen LogP contribution in [0.15, 0.2) is 42.5 Å². The van der Waals surface area contributed by atoms with Crippen molar-refractivity contribution in [2.75, 3.05) is 23.7 Å². The molecule has 2 aromatic rings. The molecule has 1 unspecified atom stereocenters. The van der Waals surface area contributed by atoms with E-state index in [4.69, 9.17) is 23.2 Å². The van der Waals surface area contributed by atoms with Gasteiger partial charge in [0.1, 0.15) is 12.6 Å². The zero-order chi connectivity index (χ0) is 30.2. The third kappa shape index (κ3) is 6.46. The Hall–Kier alpha value is -2.29. The summed E-state index contributed by atoms with van der Waals surface area (Å²) in [4.78, 5) is 28.4. The fourth-order valence-electron chi connectivity index (χ4n) is 8.10. The lowest BCUT2D eigenvalue weighted by Gasteiger charge is -2.57. The van der Waals surface area contributed by atoms with Gasteiger partial charge in [0, 0.05) is 23.1 Å². The summed E-state index contributed by atoms with van der Waals surface area (Å²) in [7, 11) is -3.81. The first kappa shape index (κ1) is 31.1. The van der Waals surface area contributed by atoms with E-state index in [-0.39, 0.29) is 17.9 Å². The Kier molecular flexibility index (Phi) is 9.17. The fourth-order valence-corrected chi connectivity index (χ4v) is 9.42. The van der Waals surface area contributed by atoms with Gasteiger partial charge in [-0.1, -0.05) is 48.3 Å². The highest BCUT2D eigenvalue weighted by Crippen LogP contribution is 2.60. The molecule has 6 rings (SSSR count). The molecule has 2 aromatic carbocycles. The minimum absolute atomic E-state index is 0.0348. The van der Waals surface area contributed by atoms with Crippen LogP contribution in [0.4, 0.5) is 5.69 Å². The molecule has 7 nitrogen and oxygen atoms in total. The van der Waals surface area contributed by atoms with E-state index in [2.05, 4.69) is 17.4 Å². The molecule has 228 valence electrons. The SMILES string of the molecule is CCNC(=O)C(CC)N(Cc1ccc(Cl)cc1Cl)C(=O)CN(c1ccc(C23CC4CC(CC(C4)C2)C3)cc1)S(C)(=O)=O. The van der Waals surface area contributed by atoms with E-state index in [1.807, 2.05) is 26.0 Å². The van der Waals surface area contributed by atoms with Gasteiger partial charge >= 0.3 is 0 Å². The number of sulfonamides is 1. The van der Waals surface area contributed by atoms with Crippen molar-refractivity contribution < 1.29 is 18.0 Å². The van der Waals surface area contributed by atoms with Crippen molar-refractivity contribution in [3.63, 3.8) is 0 Å². The van der Waals surface area contributed by atoms with Gasteiger partial charge in [0.25, 0.3) is 0 Å². The normalized spacial score (nSPS) is 25.2. The summed E-state index contributed by atoms with van der Waals surface area (Å²) in [5.74, 6) is 1.62. The van der Waals surface area contributed by atoms with Crippen LogP contribution in [0.25, 0.3) is 0 Å². The molecule has 4 aliphatic carbocycles. The molecule has 4 bridgehead atoms. The molecular formula is C32H41Cl2N3O4S. The van der Waals surface area contributed by atoms with Crippen molar-refractivity contribution in [1.82, 2.24) is 10.2 Å². The average molecular weight is 635 g/mol. The maximum absolute atomic E-state index is 13.9. The predicted molar refractivity (Wildman–Crippen MR) is 168 cm³/mol. The van der Waals surface area contributed by atoms with Crippen LogP contribution in [0.3, 0.4) is 0 Å². The number of carbonyl (C=O) groups excluding carboxylic acids is 2. The number of likely N-dealkylation sites (N-methyl/N-ethyl adjacent to an activating group) is 1.